The summed E-state index contributed by atoms with van der Waals surface area (Å²) in [5.74, 6) is 0.307. The summed E-state index contributed by atoms with van der Waals surface area (Å²) >= 11 is 0. The first-order valence-electron chi connectivity index (χ1n) is 5.16. The van der Waals surface area contributed by atoms with Crippen LogP contribution in [-0.4, -0.2) is 32.8 Å². The van der Waals surface area contributed by atoms with Gasteiger partial charge in [-0.3, -0.25) is 4.79 Å². The number of hydrogen-bond acceptors (Lipinski definition) is 4. The Balaban J connectivity index is 2.23. The molecule has 5 heteroatoms. The molecule has 1 aliphatic rings. The van der Waals surface area contributed by atoms with E-state index in [1.807, 2.05) is 6.92 Å². The molecule has 2 heterocycles. The second-order valence-corrected chi connectivity index (χ2v) is 4.13. The molecule has 2 rings (SSSR count). The molecular formula is C10H15N3O2. The molecule has 1 aromatic heterocycles. The normalized spacial score (nSPS) is 26.5. The molecule has 1 aliphatic heterocycles. The van der Waals surface area contributed by atoms with E-state index in [0.717, 1.165) is 19.3 Å². The van der Waals surface area contributed by atoms with Crippen molar-refractivity contribution in [2.24, 2.45) is 7.05 Å². The second kappa shape index (κ2) is 3.73. The van der Waals surface area contributed by atoms with Crippen molar-refractivity contribution < 1.29 is 9.53 Å². The third-order valence-corrected chi connectivity index (χ3v) is 2.86. The fraction of sp³-hybridized carbons (Fsp3) is 0.700. The SMILES string of the molecule is Cn1cnnc1C(=O)C1(C)CCCCO1. The van der Waals surface area contributed by atoms with Crippen LogP contribution in [0.5, 0.6) is 0 Å². The number of ether oxygens (including phenoxy) is 1. The summed E-state index contributed by atoms with van der Waals surface area (Å²) in [6.45, 7) is 2.49. The van der Waals surface area contributed by atoms with E-state index >= 15 is 0 Å². The van der Waals surface area contributed by atoms with Crippen LogP contribution in [0.3, 0.4) is 0 Å². The molecule has 0 saturated carbocycles. The van der Waals surface area contributed by atoms with Crippen LogP contribution in [0.25, 0.3) is 0 Å². The minimum atomic E-state index is -0.709. The summed E-state index contributed by atoms with van der Waals surface area (Å²) in [5.41, 5.74) is -0.709. The Morgan fingerprint density at radius 2 is 2.40 bits per heavy atom. The monoisotopic (exact) mass is 209 g/mol. The molecule has 82 valence electrons. The van der Waals surface area contributed by atoms with Gasteiger partial charge >= 0.3 is 0 Å². The Bertz CT molecular complexity index is 366. The van der Waals surface area contributed by atoms with Crippen LogP contribution >= 0.6 is 0 Å². The largest absolute Gasteiger partial charge is 0.367 e. The van der Waals surface area contributed by atoms with Gasteiger partial charge in [-0.05, 0) is 26.2 Å². The van der Waals surface area contributed by atoms with Gasteiger partial charge in [-0.15, -0.1) is 10.2 Å². The van der Waals surface area contributed by atoms with Gasteiger partial charge in [0.25, 0.3) is 0 Å². The number of ketones is 1. The molecule has 0 N–H and O–H groups in total. The Hall–Kier alpha value is -1.23. The number of carbonyl (C=O) groups is 1. The average molecular weight is 209 g/mol. The highest BCUT2D eigenvalue weighted by molar-refractivity contribution is 5.99. The molecule has 0 radical (unpaired) electrons. The van der Waals surface area contributed by atoms with E-state index in [-0.39, 0.29) is 5.78 Å². The molecule has 0 aromatic carbocycles. The molecule has 0 amide bonds. The summed E-state index contributed by atoms with van der Waals surface area (Å²) < 4.78 is 7.21. The predicted octanol–water partition coefficient (Wildman–Crippen LogP) is 0.957. The van der Waals surface area contributed by atoms with E-state index in [9.17, 15) is 4.79 Å². The van der Waals surface area contributed by atoms with Gasteiger partial charge < -0.3 is 9.30 Å². The quantitative estimate of drug-likeness (QED) is 0.681. The van der Waals surface area contributed by atoms with Crippen molar-refractivity contribution in [3.63, 3.8) is 0 Å². The second-order valence-electron chi connectivity index (χ2n) is 4.13. The van der Waals surface area contributed by atoms with Crippen molar-refractivity contribution in [2.75, 3.05) is 6.61 Å². The highest BCUT2D eigenvalue weighted by atomic mass is 16.5. The van der Waals surface area contributed by atoms with Crippen molar-refractivity contribution in [1.29, 1.82) is 0 Å². The van der Waals surface area contributed by atoms with Crippen molar-refractivity contribution in [3.8, 4) is 0 Å². The first-order valence-corrected chi connectivity index (χ1v) is 5.16. The number of aromatic nitrogens is 3. The van der Waals surface area contributed by atoms with Gasteiger partial charge in [0.05, 0.1) is 0 Å². The zero-order valence-corrected chi connectivity index (χ0v) is 9.06. The zero-order chi connectivity index (χ0) is 10.9. The summed E-state index contributed by atoms with van der Waals surface area (Å²) in [4.78, 5) is 12.2. The van der Waals surface area contributed by atoms with Gasteiger partial charge in [-0.1, -0.05) is 0 Å². The first kappa shape index (κ1) is 10.3. The predicted molar refractivity (Wildman–Crippen MR) is 53.5 cm³/mol. The highest BCUT2D eigenvalue weighted by Crippen LogP contribution is 2.27. The summed E-state index contributed by atoms with van der Waals surface area (Å²) in [6, 6.07) is 0. The van der Waals surface area contributed by atoms with Gasteiger partial charge in [-0.25, -0.2) is 0 Å². The summed E-state index contributed by atoms with van der Waals surface area (Å²) in [7, 11) is 1.76. The standard InChI is InChI=1S/C10H15N3O2/c1-10(5-3-4-6-15-10)8(14)9-12-11-7-13(9)2/h7H,3-6H2,1-2H3. The van der Waals surface area contributed by atoms with Gasteiger partial charge in [0.15, 0.2) is 0 Å². The Kier molecular flexibility index (Phi) is 2.56. The van der Waals surface area contributed by atoms with E-state index in [2.05, 4.69) is 10.2 Å². The maximum atomic E-state index is 12.2. The maximum absolute atomic E-state index is 12.2. The third-order valence-electron chi connectivity index (χ3n) is 2.86. The van der Waals surface area contributed by atoms with Crippen molar-refractivity contribution in [3.05, 3.63) is 12.2 Å². The van der Waals surface area contributed by atoms with Gasteiger partial charge in [-0.2, -0.15) is 0 Å². The number of Topliss-reactive ketones (excluding diaryl/α,β-unsaturated/α-hetero) is 1. The Labute approximate surface area is 88.4 Å². The van der Waals surface area contributed by atoms with E-state index in [0.29, 0.717) is 12.4 Å². The number of nitrogens with zero attached hydrogens (tertiary/aromatic N) is 3. The third kappa shape index (κ3) is 1.79. The minimum absolute atomic E-state index is 0.0674. The first-order chi connectivity index (χ1) is 7.13. The molecule has 1 aromatic rings. The Morgan fingerprint density at radius 1 is 1.60 bits per heavy atom. The smallest absolute Gasteiger partial charge is 0.231 e. The van der Waals surface area contributed by atoms with Crippen LogP contribution < -0.4 is 0 Å². The zero-order valence-electron chi connectivity index (χ0n) is 9.06. The van der Waals surface area contributed by atoms with Crippen LogP contribution in [0.4, 0.5) is 0 Å². The highest BCUT2D eigenvalue weighted by Gasteiger charge is 2.38. The molecule has 15 heavy (non-hydrogen) atoms. The maximum Gasteiger partial charge on any atom is 0.231 e. The number of hydrogen-bond donors (Lipinski definition) is 0. The van der Waals surface area contributed by atoms with Crippen LogP contribution in [0.2, 0.25) is 0 Å². The van der Waals surface area contributed by atoms with Gasteiger partial charge in [0.2, 0.25) is 11.6 Å². The van der Waals surface area contributed by atoms with Crippen molar-refractivity contribution >= 4 is 5.78 Å². The molecule has 1 saturated heterocycles. The number of aryl methyl sites for hydroxylation is 1. The number of carbonyl (C=O) groups excluding carboxylic acids is 1. The van der Waals surface area contributed by atoms with E-state index < -0.39 is 5.60 Å². The van der Waals surface area contributed by atoms with Crippen LogP contribution in [-0.2, 0) is 11.8 Å². The topological polar surface area (TPSA) is 57.0 Å². The fourth-order valence-corrected chi connectivity index (χ4v) is 1.84. The fourth-order valence-electron chi connectivity index (χ4n) is 1.84. The molecule has 0 spiro atoms. The summed E-state index contributed by atoms with van der Waals surface area (Å²) in [5, 5.41) is 7.52. The molecule has 0 aliphatic carbocycles. The molecule has 5 nitrogen and oxygen atoms in total. The lowest BCUT2D eigenvalue weighted by Gasteiger charge is -2.31. The van der Waals surface area contributed by atoms with Gasteiger partial charge in [0.1, 0.15) is 11.9 Å². The average Bonchev–Trinajstić information content (AvgIpc) is 2.64. The molecule has 1 unspecified atom stereocenters. The van der Waals surface area contributed by atoms with E-state index in [4.69, 9.17) is 4.74 Å². The van der Waals surface area contributed by atoms with Crippen molar-refractivity contribution in [2.45, 2.75) is 31.8 Å². The van der Waals surface area contributed by atoms with E-state index in [1.165, 1.54) is 6.33 Å². The van der Waals surface area contributed by atoms with Crippen molar-refractivity contribution in [1.82, 2.24) is 14.8 Å². The van der Waals surface area contributed by atoms with Crippen LogP contribution in [0.1, 0.15) is 36.8 Å². The lowest BCUT2D eigenvalue weighted by atomic mass is 9.91. The summed E-state index contributed by atoms with van der Waals surface area (Å²) in [6.07, 6.45) is 4.35. The van der Waals surface area contributed by atoms with E-state index in [1.54, 1.807) is 11.6 Å². The molecular weight excluding hydrogens is 194 g/mol. The molecule has 0 bridgehead atoms. The van der Waals surface area contributed by atoms with Crippen LogP contribution in [0, 0.1) is 0 Å². The molecule has 1 fully saturated rings. The Morgan fingerprint density at radius 3 is 2.93 bits per heavy atom. The minimum Gasteiger partial charge on any atom is -0.367 e. The molecule has 1 atom stereocenters. The lowest BCUT2D eigenvalue weighted by Crippen LogP contribution is -2.42. The van der Waals surface area contributed by atoms with Crippen LogP contribution in [0.15, 0.2) is 6.33 Å². The van der Waals surface area contributed by atoms with Gasteiger partial charge in [0, 0.05) is 13.7 Å². The number of rotatable bonds is 2. The lowest BCUT2D eigenvalue weighted by molar-refractivity contribution is -0.0434.